The van der Waals surface area contributed by atoms with Crippen LogP contribution in [0.1, 0.15) is 80.1 Å². The fraction of sp³-hybridized carbons (Fsp3) is 0.667. The smallest absolute Gasteiger partial charge is 0.252 e. The number of carbonyl (C=O) groups is 1. The molecule has 0 fully saturated rings. The monoisotopic (exact) mass is 365 g/mol. The molecule has 0 spiro atoms. The van der Waals surface area contributed by atoms with Gasteiger partial charge in [0, 0.05) is 6.61 Å². The van der Waals surface area contributed by atoms with E-state index in [0.29, 0.717) is 23.7 Å². The number of unbranched alkanes of at least 4 members (excludes halogenated alkanes) is 9. The molecule has 0 saturated heterocycles. The Morgan fingerprint density at radius 3 is 1.81 bits per heavy atom. The zero-order valence-electron chi connectivity index (χ0n) is 16.4. The van der Waals surface area contributed by atoms with E-state index in [-0.39, 0.29) is 0 Å². The van der Waals surface area contributed by atoms with Gasteiger partial charge in [0.05, 0.1) is 19.8 Å². The molecule has 26 heavy (non-hydrogen) atoms. The first-order valence-corrected chi connectivity index (χ1v) is 9.80. The first-order valence-electron chi connectivity index (χ1n) is 9.80. The molecule has 0 aliphatic rings. The van der Waals surface area contributed by atoms with Crippen molar-refractivity contribution in [2.75, 3.05) is 20.8 Å². The third-order valence-corrected chi connectivity index (χ3v) is 4.72. The molecule has 0 heterocycles. The minimum Gasteiger partial charge on any atom is -0.493 e. The first-order chi connectivity index (χ1) is 12.7. The molecule has 1 aromatic rings. The summed E-state index contributed by atoms with van der Waals surface area (Å²) in [6, 6.07) is 3.63. The lowest BCUT2D eigenvalue weighted by molar-refractivity contribution is 0.0996. The maximum atomic E-state index is 11.5. The summed E-state index contributed by atoms with van der Waals surface area (Å²) in [6.45, 7) is 0.321. The van der Waals surface area contributed by atoms with E-state index in [0.717, 1.165) is 31.2 Å². The van der Waals surface area contributed by atoms with Crippen LogP contribution in [-0.4, -0.2) is 31.8 Å². The van der Waals surface area contributed by atoms with Crippen molar-refractivity contribution in [3.8, 4) is 11.5 Å². The lowest BCUT2D eigenvalue weighted by Crippen LogP contribution is -2.13. The van der Waals surface area contributed by atoms with Crippen molar-refractivity contribution >= 4 is 5.91 Å². The largest absolute Gasteiger partial charge is 0.493 e. The highest BCUT2D eigenvalue weighted by Gasteiger charge is 2.17. The zero-order valence-corrected chi connectivity index (χ0v) is 16.4. The Morgan fingerprint density at radius 1 is 0.846 bits per heavy atom. The number of primary amides is 1. The number of carbonyl (C=O) groups excluding carboxylic acids is 1. The van der Waals surface area contributed by atoms with Crippen molar-refractivity contribution in [1.29, 1.82) is 0 Å². The van der Waals surface area contributed by atoms with Crippen molar-refractivity contribution in [2.45, 2.75) is 70.6 Å². The number of nitrogens with two attached hydrogens (primary N) is 1. The van der Waals surface area contributed by atoms with Crippen LogP contribution < -0.4 is 15.2 Å². The number of amides is 1. The SMILES string of the molecule is COc1c(CCCCCCCCCCCCO)ccc(C(N)=O)c1OC. The molecular weight excluding hydrogens is 330 g/mol. The molecule has 0 aromatic heterocycles. The van der Waals surface area contributed by atoms with Gasteiger partial charge in [0.25, 0.3) is 5.91 Å². The summed E-state index contributed by atoms with van der Waals surface area (Å²) >= 11 is 0. The Hall–Kier alpha value is -1.75. The highest BCUT2D eigenvalue weighted by atomic mass is 16.5. The van der Waals surface area contributed by atoms with Gasteiger partial charge in [-0.2, -0.15) is 0 Å². The molecule has 148 valence electrons. The highest BCUT2D eigenvalue weighted by Crippen LogP contribution is 2.35. The van der Waals surface area contributed by atoms with Gasteiger partial charge >= 0.3 is 0 Å². The maximum absolute atomic E-state index is 11.5. The van der Waals surface area contributed by atoms with E-state index in [9.17, 15) is 4.79 Å². The first kappa shape index (κ1) is 22.3. The van der Waals surface area contributed by atoms with Crippen molar-refractivity contribution in [3.05, 3.63) is 23.3 Å². The Balaban J connectivity index is 2.30. The van der Waals surface area contributed by atoms with Crippen LogP contribution in [0.4, 0.5) is 0 Å². The summed E-state index contributed by atoms with van der Waals surface area (Å²) in [5.41, 5.74) is 6.80. The van der Waals surface area contributed by atoms with Crippen LogP contribution in [0.3, 0.4) is 0 Å². The minimum atomic E-state index is -0.511. The molecule has 1 aromatic carbocycles. The van der Waals surface area contributed by atoms with E-state index < -0.39 is 5.91 Å². The molecule has 0 radical (unpaired) electrons. The third kappa shape index (κ3) is 7.65. The average Bonchev–Trinajstić information content (AvgIpc) is 2.65. The number of hydrogen-bond acceptors (Lipinski definition) is 4. The number of aryl methyl sites for hydroxylation is 1. The van der Waals surface area contributed by atoms with E-state index >= 15 is 0 Å². The molecule has 0 aliphatic carbocycles. The van der Waals surface area contributed by atoms with Crippen molar-refractivity contribution in [3.63, 3.8) is 0 Å². The molecule has 1 rings (SSSR count). The second kappa shape index (κ2) is 13.5. The topological polar surface area (TPSA) is 81.8 Å². The third-order valence-electron chi connectivity index (χ3n) is 4.72. The summed E-state index contributed by atoms with van der Waals surface area (Å²) in [5.74, 6) is 0.536. The number of hydrogen-bond donors (Lipinski definition) is 2. The van der Waals surface area contributed by atoms with Crippen molar-refractivity contribution in [1.82, 2.24) is 0 Å². The molecule has 0 atom stereocenters. The Bertz CT molecular complexity index is 531. The van der Waals surface area contributed by atoms with Gasteiger partial charge in [0.1, 0.15) is 0 Å². The predicted octanol–water partition coefficient (Wildman–Crippen LogP) is 4.24. The number of rotatable bonds is 15. The molecule has 0 saturated carbocycles. The summed E-state index contributed by atoms with van der Waals surface area (Å²) in [6.07, 6.45) is 12.9. The van der Waals surface area contributed by atoms with Crippen LogP contribution in [0.25, 0.3) is 0 Å². The highest BCUT2D eigenvalue weighted by molar-refractivity contribution is 5.96. The summed E-state index contributed by atoms with van der Waals surface area (Å²) in [7, 11) is 3.12. The Labute approximate surface area is 157 Å². The van der Waals surface area contributed by atoms with Gasteiger partial charge in [-0.15, -0.1) is 0 Å². The van der Waals surface area contributed by atoms with Gasteiger partial charge in [0.15, 0.2) is 11.5 Å². The maximum Gasteiger partial charge on any atom is 0.252 e. The number of ether oxygens (including phenoxy) is 2. The second-order valence-corrected chi connectivity index (χ2v) is 6.71. The van der Waals surface area contributed by atoms with Crippen molar-refractivity contribution in [2.24, 2.45) is 5.73 Å². The fourth-order valence-corrected chi connectivity index (χ4v) is 3.26. The molecule has 5 nitrogen and oxygen atoms in total. The average molecular weight is 366 g/mol. The molecule has 5 heteroatoms. The lowest BCUT2D eigenvalue weighted by atomic mass is 10.0. The van der Waals surface area contributed by atoms with Gasteiger partial charge in [0.2, 0.25) is 0 Å². The molecule has 0 bridgehead atoms. The van der Waals surface area contributed by atoms with Crippen molar-refractivity contribution < 1.29 is 19.4 Å². The van der Waals surface area contributed by atoms with E-state index in [1.165, 1.54) is 52.1 Å². The van der Waals surface area contributed by atoms with Gasteiger partial charge in [-0.05, 0) is 30.9 Å². The van der Waals surface area contributed by atoms with Crippen LogP contribution in [-0.2, 0) is 6.42 Å². The van der Waals surface area contributed by atoms with Crippen LogP contribution in [0.5, 0.6) is 11.5 Å². The van der Waals surface area contributed by atoms with Gasteiger partial charge in [-0.1, -0.05) is 57.4 Å². The second-order valence-electron chi connectivity index (χ2n) is 6.71. The van der Waals surface area contributed by atoms with Crippen LogP contribution in [0.15, 0.2) is 12.1 Å². The minimum absolute atomic E-state index is 0.321. The fourth-order valence-electron chi connectivity index (χ4n) is 3.26. The lowest BCUT2D eigenvalue weighted by Gasteiger charge is -2.15. The predicted molar refractivity (Wildman–Crippen MR) is 105 cm³/mol. The Kier molecular flexibility index (Phi) is 11.5. The summed E-state index contributed by atoms with van der Waals surface area (Å²) in [5, 5.41) is 8.74. The molecular formula is C21H35NO4. The van der Waals surface area contributed by atoms with Gasteiger partial charge in [-0.25, -0.2) is 0 Å². The normalized spacial score (nSPS) is 10.7. The number of aliphatic hydroxyl groups is 1. The summed E-state index contributed by atoms with van der Waals surface area (Å²) < 4.78 is 10.8. The van der Waals surface area contributed by atoms with Crippen LogP contribution in [0.2, 0.25) is 0 Å². The number of methoxy groups -OCH3 is 2. The molecule has 3 N–H and O–H groups in total. The number of aliphatic hydroxyl groups excluding tert-OH is 1. The molecule has 0 aliphatic heterocycles. The van der Waals surface area contributed by atoms with E-state index in [4.69, 9.17) is 20.3 Å². The van der Waals surface area contributed by atoms with Gasteiger partial charge in [-0.3, -0.25) is 4.79 Å². The zero-order chi connectivity index (χ0) is 19.2. The van der Waals surface area contributed by atoms with Crippen LogP contribution >= 0.6 is 0 Å². The molecule has 1 amide bonds. The standard InChI is InChI=1S/C21H35NO4/c1-25-19-17(14-15-18(21(22)24)20(19)26-2)13-11-9-7-5-3-4-6-8-10-12-16-23/h14-15,23H,3-13,16H2,1-2H3,(H2,22,24). The summed E-state index contributed by atoms with van der Waals surface area (Å²) in [4.78, 5) is 11.5. The van der Waals surface area contributed by atoms with Gasteiger partial charge < -0.3 is 20.3 Å². The van der Waals surface area contributed by atoms with E-state index in [2.05, 4.69) is 0 Å². The van der Waals surface area contributed by atoms with Crippen LogP contribution in [0, 0.1) is 0 Å². The molecule has 0 unspecified atom stereocenters. The number of benzene rings is 1. The van der Waals surface area contributed by atoms with E-state index in [1.54, 1.807) is 13.2 Å². The Morgan fingerprint density at radius 2 is 1.35 bits per heavy atom. The quantitative estimate of drug-likeness (QED) is 0.456. The van der Waals surface area contributed by atoms with E-state index in [1.807, 2.05) is 6.07 Å².